The lowest BCUT2D eigenvalue weighted by atomic mass is 9.93. The summed E-state index contributed by atoms with van der Waals surface area (Å²) in [5, 5.41) is 9.79. The van der Waals surface area contributed by atoms with Gasteiger partial charge in [-0.1, -0.05) is 20.8 Å². The Labute approximate surface area is 107 Å². The largest absolute Gasteiger partial charge is 0.356 e. The molecule has 2 rings (SSSR count). The zero-order chi connectivity index (χ0) is 12.3. The quantitative estimate of drug-likeness (QED) is 0.845. The van der Waals surface area contributed by atoms with Gasteiger partial charge in [-0.2, -0.15) is 0 Å². The highest BCUT2D eigenvalue weighted by molar-refractivity contribution is 7.09. The number of guanidine groups is 1. The van der Waals surface area contributed by atoms with Crippen LogP contribution in [0.2, 0.25) is 0 Å². The lowest BCUT2D eigenvalue weighted by Crippen LogP contribution is -2.40. The van der Waals surface area contributed by atoms with Gasteiger partial charge < -0.3 is 10.6 Å². The summed E-state index contributed by atoms with van der Waals surface area (Å²) >= 11 is 1.71. The number of hydrogen-bond donors (Lipinski definition) is 2. The second kappa shape index (κ2) is 5.04. The maximum absolute atomic E-state index is 4.64. The molecule has 0 spiro atoms. The van der Waals surface area contributed by atoms with Crippen molar-refractivity contribution in [2.24, 2.45) is 4.99 Å². The third-order valence-corrected chi connectivity index (χ3v) is 3.47. The fraction of sp³-hybridized carbons (Fsp3) is 0.667. The lowest BCUT2D eigenvalue weighted by Gasteiger charge is -2.15. The summed E-state index contributed by atoms with van der Waals surface area (Å²) in [6, 6.07) is 0. The van der Waals surface area contributed by atoms with E-state index in [1.54, 1.807) is 11.3 Å². The molecule has 94 valence electrons. The van der Waals surface area contributed by atoms with Crippen LogP contribution in [0.25, 0.3) is 0 Å². The molecule has 0 atom stereocenters. The fourth-order valence-corrected chi connectivity index (χ4v) is 2.51. The molecule has 4 nitrogen and oxygen atoms in total. The first-order chi connectivity index (χ1) is 8.05. The van der Waals surface area contributed by atoms with E-state index in [1.165, 1.54) is 0 Å². The third-order valence-electron chi connectivity index (χ3n) is 2.62. The molecule has 2 N–H and O–H groups in total. The molecular weight excluding hydrogens is 232 g/mol. The molecular formula is C12H20N4S. The van der Waals surface area contributed by atoms with Gasteiger partial charge in [0.25, 0.3) is 0 Å². The molecule has 0 saturated carbocycles. The molecule has 2 heterocycles. The maximum atomic E-state index is 4.64. The van der Waals surface area contributed by atoms with Gasteiger partial charge in [0.15, 0.2) is 5.96 Å². The van der Waals surface area contributed by atoms with Crippen LogP contribution < -0.4 is 10.6 Å². The Bertz CT molecular complexity index is 403. The van der Waals surface area contributed by atoms with Crippen LogP contribution in [-0.4, -0.2) is 24.0 Å². The van der Waals surface area contributed by atoms with Gasteiger partial charge in [-0.25, -0.2) is 4.98 Å². The number of nitrogens with zero attached hydrogens (tertiary/aromatic N) is 2. The maximum Gasteiger partial charge on any atom is 0.191 e. The predicted molar refractivity (Wildman–Crippen MR) is 72.6 cm³/mol. The monoisotopic (exact) mass is 252 g/mol. The van der Waals surface area contributed by atoms with Crippen molar-refractivity contribution in [1.29, 1.82) is 0 Å². The van der Waals surface area contributed by atoms with E-state index in [2.05, 4.69) is 46.8 Å². The number of rotatable bonds is 2. The van der Waals surface area contributed by atoms with E-state index in [0.717, 1.165) is 42.7 Å². The zero-order valence-corrected chi connectivity index (χ0v) is 11.5. The molecule has 0 unspecified atom stereocenters. The van der Waals surface area contributed by atoms with Crippen LogP contribution in [0.5, 0.6) is 0 Å². The van der Waals surface area contributed by atoms with E-state index < -0.39 is 0 Å². The zero-order valence-electron chi connectivity index (χ0n) is 10.7. The van der Waals surface area contributed by atoms with Crippen LogP contribution in [0.15, 0.2) is 10.4 Å². The minimum atomic E-state index is 0.134. The summed E-state index contributed by atoms with van der Waals surface area (Å²) in [7, 11) is 0. The summed E-state index contributed by atoms with van der Waals surface area (Å²) in [5.41, 5.74) is 1.30. The number of hydrogen-bond acceptors (Lipinski definition) is 5. The molecule has 0 fully saturated rings. The van der Waals surface area contributed by atoms with E-state index in [9.17, 15) is 0 Å². The molecule has 1 aliphatic heterocycles. The highest BCUT2D eigenvalue weighted by Crippen LogP contribution is 2.23. The van der Waals surface area contributed by atoms with Crippen molar-refractivity contribution < 1.29 is 0 Å². The van der Waals surface area contributed by atoms with Crippen LogP contribution in [0.3, 0.4) is 0 Å². The normalized spacial score (nSPS) is 16.3. The summed E-state index contributed by atoms with van der Waals surface area (Å²) in [6.07, 6.45) is 1.12. The minimum Gasteiger partial charge on any atom is -0.356 e. The Balaban J connectivity index is 1.91. The van der Waals surface area contributed by atoms with Crippen molar-refractivity contribution in [3.05, 3.63) is 16.1 Å². The van der Waals surface area contributed by atoms with Crippen LogP contribution in [0.1, 0.15) is 37.9 Å². The van der Waals surface area contributed by atoms with Gasteiger partial charge in [0.2, 0.25) is 0 Å². The molecule has 0 aromatic carbocycles. The molecule has 0 amide bonds. The fourth-order valence-electron chi connectivity index (χ4n) is 1.55. The van der Waals surface area contributed by atoms with E-state index in [-0.39, 0.29) is 5.41 Å². The standard InChI is InChI=1S/C12H20N4S/c1-12(2,3)9-8-17-10(16-9)7-15-11-13-5-4-6-14-11/h8H,4-7H2,1-3H3,(H2,13,14,15). The Morgan fingerprint density at radius 3 is 2.88 bits per heavy atom. The van der Waals surface area contributed by atoms with Crippen molar-refractivity contribution >= 4 is 17.3 Å². The first-order valence-corrected chi connectivity index (χ1v) is 6.91. The highest BCUT2D eigenvalue weighted by Gasteiger charge is 2.17. The van der Waals surface area contributed by atoms with Gasteiger partial charge in [-0.3, -0.25) is 4.99 Å². The van der Waals surface area contributed by atoms with Crippen LogP contribution in [0, 0.1) is 0 Å². The number of thiazole rings is 1. The van der Waals surface area contributed by atoms with E-state index in [4.69, 9.17) is 0 Å². The Hall–Kier alpha value is -1.10. The topological polar surface area (TPSA) is 49.3 Å². The molecule has 0 bridgehead atoms. The van der Waals surface area contributed by atoms with E-state index in [1.807, 2.05) is 0 Å². The predicted octanol–water partition coefficient (Wildman–Crippen LogP) is 1.88. The molecule has 1 aromatic heterocycles. The molecule has 0 radical (unpaired) electrons. The average Bonchev–Trinajstić information content (AvgIpc) is 2.76. The van der Waals surface area contributed by atoms with E-state index in [0.29, 0.717) is 0 Å². The van der Waals surface area contributed by atoms with Crippen molar-refractivity contribution in [2.45, 2.75) is 39.2 Å². The van der Waals surface area contributed by atoms with Crippen LogP contribution in [0.4, 0.5) is 0 Å². The third kappa shape index (κ3) is 3.43. The number of aromatic nitrogens is 1. The molecule has 0 aliphatic carbocycles. The summed E-state index contributed by atoms with van der Waals surface area (Å²) < 4.78 is 0. The first-order valence-electron chi connectivity index (χ1n) is 6.03. The highest BCUT2D eigenvalue weighted by atomic mass is 32.1. The second-order valence-corrected chi connectivity index (χ2v) is 6.18. The summed E-state index contributed by atoms with van der Waals surface area (Å²) in [4.78, 5) is 9.01. The smallest absolute Gasteiger partial charge is 0.191 e. The van der Waals surface area contributed by atoms with Gasteiger partial charge in [-0.05, 0) is 6.42 Å². The van der Waals surface area contributed by atoms with Gasteiger partial charge in [0.1, 0.15) is 5.01 Å². The molecule has 1 aromatic rings. The summed E-state index contributed by atoms with van der Waals surface area (Å²) in [6.45, 7) is 9.24. The number of aliphatic imine (C=N–C) groups is 1. The summed E-state index contributed by atoms with van der Waals surface area (Å²) in [5.74, 6) is 0.906. The molecule has 5 heteroatoms. The Kier molecular flexibility index (Phi) is 3.66. The molecule has 1 aliphatic rings. The van der Waals surface area contributed by atoms with Crippen molar-refractivity contribution in [1.82, 2.24) is 15.6 Å². The molecule has 17 heavy (non-hydrogen) atoms. The molecule has 0 saturated heterocycles. The average molecular weight is 252 g/mol. The van der Waals surface area contributed by atoms with Crippen molar-refractivity contribution in [2.75, 3.05) is 13.1 Å². The van der Waals surface area contributed by atoms with Crippen molar-refractivity contribution in [3.8, 4) is 0 Å². The Morgan fingerprint density at radius 2 is 2.29 bits per heavy atom. The second-order valence-electron chi connectivity index (χ2n) is 5.24. The SMILES string of the molecule is CC(C)(C)c1csc(CNC2=NCCCN2)n1. The minimum absolute atomic E-state index is 0.134. The van der Waals surface area contributed by atoms with Gasteiger partial charge >= 0.3 is 0 Å². The Morgan fingerprint density at radius 1 is 1.47 bits per heavy atom. The van der Waals surface area contributed by atoms with Crippen LogP contribution in [-0.2, 0) is 12.0 Å². The van der Waals surface area contributed by atoms with E-state index >= 15 is 0 Å². The van der Waals surface area contributed by atoms with Gasteiger partial charge in [0.05, 0.1) is 12.2 Å². The first kappa shape index (κ1) is 12.4. The lowest BCUT2D eigenvalue weighted by molar-refractivity contribution is 0.570. The van der Waals surface area contributed by atoms with Gasteiger partial charge in [-0.15, -0.1) is 11.3 Å². The van der Waals surface area contributed by atoms with Gasteiger partial charge in [0, 0.05) is 23.9 Å². The van der Waals surface area contributed by atoms with Crippen LogP contribution >= 0.6 is 11.3 Å². The van der Waals surface area contributed by atoms with Crippen molar-refractivity contribution in [3.63, 3.8) is 0 Å². The number of nitrogens with one attached hydrogen (secondary N) is 2.